The van der Waals surface area contributed by atoms with Crippen LogP contribution in [0.5, 0.6) is 0 Å². The molecule has 0 bridgehead atoms. The van der Waals surface area contributed by atoms with Gasteiger partial charge in [0.2, 0.25) is 0 Å². The van der Waals surface area contributed by atoms with Crippen LogP contribution in [0.25, 0.3) is 10.9 Å². The summed E-state index contributed by atoms with van der Waals surface area (Å²) >= 11 is 0. The highest BCUT2D eigenvalue weighted by molar-refractivity contribution is 5.85. The van der Waals surface area contributed by atoms with Crippen LogP contribution >= 0.6 is 12.4 Å². The molecule has 104 valence electrons. The van der Waals surface area contributed by atoms with E-state index in [0.29, 0.717) is 13.0 Å². The molecule has 19 heavy (non-hydrogen) atoms. The number of hydrogen-bond donors (Lipinski definition) is 3. The second kappa shape index (κ2) is 7.13. The van der Waals surface area contributed by atoms with Crippen LogP contribution in [0.4, 0.5) is 0 Å². The van der Waals surface area contributed by atoms with Gasteiger partial charge in [-0.25, -0.2) is 0 Å². The molecule has 0 aliphatic carbocycles. The summed E-state index contributed by atoms with van der Waals surface area (Å²) in [7, 11) is 0. The van der Waals surface area contributed by atoms with E-state index in [1.165, 1.54) is 0 Å². The largest absolute Gasteiger partial charge is 0.465 e. The Bertz CT molecular complexity index is 541. The highest BCUT2D eigenvalue weighted by atomic mass is 35.5. The molecule has 1 aromatic carbocycles. The lowest BCUT2D eigenvalue weighted by atomic mass is 10.1. The Morgan fingerprint density at radius 1 is 1.47 bits per heavy atom. The number of hydrogen-bond acceptors (Lipinski definition) is 4. The molecule has 0 saturated carbocycles. The van der Waals surface area contributed by atoms with Gasteiger partial charge in [-0.2, -0.15) is 5.48 Å². The SMILES string of the molecule is CCOC(=O)C(Cc1c[nH]c2ccccc12)NO.Cl. The van der Waals surface area contributed by atoms with Crippen LogP contribution in [0.2, 0.25) is 0 Å². The van der Waals surface area contributed by atoms with Gasteiger partial charge in [0.25, 0.3) is 0 Å². The van der Waals surface area contributed by atoms with E-state index in [4.69, 9.17) is 9.94 Å². The lowest BCUT2D eigenvalue weighted by Gasteiger charge is -2.12. The molecule has 3 N–H and O–H groups in total. The van der Waals surface area contributed by atoms with Crippen molar-refractivity contribution in [1.29, 1.82) is 0 Å². The fraction of sp³-hybridized carbons (Fsp3) is 0.308. The first-order valence-corrected chi connectivity index (χ1v) is 5.87. The molecule has 0 radical (unpaired) electrons. The summed E-state index contributed by atoms with van der Waals surface area (Å²) in [5.41, 5.74) is 3.97. The number of rotatable bonds is 5. The first-order valence-electron chi connectivity index (χ1n) is 5.87. The Kier molecular flexibility index (Phi) is 5.82. The van der Waals surface area contributed by atoms with Gasteiger partial charge in [-0.15, -0.1) is 12.4 Å². The monoisotopic (exact) mass is 284 g/mol. The predicted molar refractivity (Wildman–Crippen MR) is 74.6 cm³/mol. The van der Waals surface area contributed by atoms with E-state index >= 15 is 0 Å². The lowest BCUT2D eigenvalue weighted by molar-refractivity contribution is -0.148. The summed E-state index contributed by atoms with van der Waals surface area (Å²) in [6.45, 7) is 2.03. The van der Waals surface area contributed by atoms with E-state index in [2.05, 4.69) is 4.98 Å². The van der Waals surface area contributed by atoms with E-state index in [-0.39, 0.29) is 12.4 Å². The number of halogens is 1. The van der Waals surface area contributed by atoms with Crippen molar-refractivity contribution in [1.82, 2.24) is 10.5 Å². The fourth-order valence-corrected chi connectivity index (χ4v) is 1.94. The summed E-state index contributed by atoms with van der Waals surface area (Å²) in [4.78, 5) is 14.7. The third-order valence-electron chi connectivity index (χ3n) is 2.83. The molecule has 1 unspecified atom stereocenters. The maximum Gasteiger partial charge on any atom is 0.325 e. The van der Waals surface area contributed by atoms with Crippen LogP contribution in [0.1, 0.15) is 12.5 Å². The minimum absolute atomic E-state index is 0. The molecule has 0 saturated heterocycles. The molecule has 2 aromatic rings. The Hall–Kier alpha value is -1.56. The summed E-state index contributed by atoms with van der Waals surface area (Å²) < 4.78 is 4.88. The first-order chi connectivity index (χ1) is 8.76. The number of hydroxylamine groups is 1. The van der Waals surface area contributed by atoms with Crippen molar-refractivity contribution in [2.75, 3.05) is 6.61 Å². The van der Waals surface area contributed by atoms with Crippen LogP contribution in [0.3, 0.4) is 0 Å². The summed E-state index contributed by atoms with van der Waals surface area (Å²) in [6, 6.07) is 7.07. The molecule has 6 heteroatoms. The maximum atomic E-state index is 11.6. The number of benzene rings is 1. The number of H-pyrrole nitrogens is 1. The van der Waals surface area contributed by atoms with Crippen molar-refractivity contribution in [3.8, 4) is 0 Å². The minimum Gasteiger partial charge on any atom is -0.465 e. The molecule has 0 amide bonds. The van der Waals surface area contributed by atoms with Crippen LogP contribution in [-0.4, -0.2) is 28.8 Å². The van der Waals surface area contributed by atoms with Crippen LogP contribution in [-0.2, 0) is 16.0 Å². The molecule has 0 spiro atoms. The zero-order chi connectivity index (χ0) is 13.0. The van der Waals surface area contributed by atoms with Gasteiger partial charge in [0.1, 0.15) is 6.04 Å². The Morgan fingerprint density at radius 2 is 2.21 bits per heavy atom. The van der Waals surface area contributed by atoms with Gasteiger partial charge in [0.15, 0.2) is 0 Å². The number of carbonyl (C=O) groups excluding carboxylic acids is 1. The molecule has 1 atom stereocenters. The van der Waals surface area contributed by atoms with Gasteiger partial charge < -0.3 is 14.9 Å². The van der Waals surface area contributed by atoms with E-state index in [1.807, 2.05) is 35.9 Å². The molecule has 0 aliphatic heterocycles. The average molecular weight is 285 g/mol. The normalized spacial score (nSPS) is 11.9. The van der Waals surface area contributed by atoms with Gasteiger partial charge in [-0.3, -0.25) is 4.79 Å². The number of carbonyl (C=O) groups is 1. The number of para-hydroxylation sites is 1. The van der Waals surface area contributed by atoms with Gasteiger partial charge in [-0.05, 0) is 18.6 Å². The van der Waals surface area contributed by atoms with Crippen molar-refractivity contribution >= 4 is 29.3 Å². The van der Waals surface area contributed by atoms with E-state index in [1.54, 1.807) is 6.92 Å². The number of nitrogens with one attached hydrogen (secondary N) is 2. The number of ether oxygens (including phenoxy) is 1. The third kappa shape index (κ3) is 3.47. The molecule has 0 aliphatic rings. The average Bonchev–Trinajstić information content (AvgIpc) is 2.79. The van der Waals surface area contributed by atoms with Gasteiger partial charge >= 0.3 is 5.97 Å². The highest BCUT2D eigenvalue weighted by Gasteiger charge is 2.20. The molecule has 0 fully saturated rings. The van der Waals surface area contributed by atoms with Crippen molar-refractivity contribution < 1.29 is 14.7 Å². The first kappa shape index (κ1) is 15.5. The van der Waals surface area contributed by atoms with Crippen molar-refractivity contribution in [2.45, 2.75) is 19.4 Å². The Morgan fingerprint density at radius 3 is 2.89 bits per heavy atom. The predicted octanol–water partition coefficient (Wildman–Crippen LogP) is 2.04. The molecule has 1 heterocycles. The van der Waals surface area contributed by atoms with E-state index in [9.17, 15) is 4.79 Å². The Labute approximate surface area is 117 Å². The van der Waals surface area contributed by atoms with Crippen molar-refractivity contribution in [3.63, 3.8) is 0 Å². The smallest absolute Gasteiger partial charge is 0.325 e. The van der Waals surface area contributed by atoms with Crippen LogP contribution in [0.15, 0.2) is 30.5 Å². The second-order valence-electron chi connectivity index (χ2n) is 4.00. The van der Waals surface area contributed by atoms with Gasteiger partial charge in [0.05, 0.1) is 6.61 Å². The fourth-order valence-electron chi connectivity index (χ4n) is 1.94. The zero-order valence-corrected chi connectivity index (χ0v) is 11.4. The van der Waals surface area contributed by atoms with E-state index < -0.39 is 12.0 Å². The quantitative estimate of drug-likeness (QED) is 0.580. The van der Waals surface area contributed by atoms with Crippen LogP contribution in [0, 0.1) is 0 Å². The number of aromatic amines is 1. The summed E-state index contributed by atoms with van der Waals surface area (Å²) in [5, 5.41) is 10.1. The maximum absolute atomic E-state index is 11.6. The van der Waals surface area contributed by atoms with Gasteiger partial charge in [-0.1, -0.05) is 18.2 Å². The Balaban J connectivity index is 0.00000180. The minimum atomic E-state index is -0.746. The van der Waals surface area contributed by atoms with Crippen LogP contribution < -0.4 is 5.48 Å². The van der Waals surface area contributed by atoms with E-state index in [0.717, 1.165) is 16.5 Å². The molecular weight excluding hydrogens is 268 g/mol. The second-order valence-corrected chi connectivity index (χ2v) is 4.00. The summed E-state index contributed by atoms with van der Waals surface area (Å²) in [5.74, 6) is -0.453. The third-order valence-corrected chi connectivity index (χ3v) is 2.83. The number of fused-ring (bicyclic) bond motifs is 1. The molecule has 1 aromatic heterocycles. The standard InChI is InChI=1S/C13H16N2O3.ClH/c1-2-18-13(16)12(15-17)7-9-8-14-11-6-4-3-5-10(9)11;/h3-6,8,12,14-15,17H,2,7H2,1H3;1H. The highest BCUT2D eigenvalue weighted by Crippen LogP contribution is 2.19. The molecule has 5 nitrogen and oxygen atoms in total. The molecule has 2 rings (SSSR count). The number of esters is 1. The topological polar surface area (TPSA) is 74.4 Å². The molecular formula is C13H17ClN2O3. The zero-order valence-electron chi connectivity index (χ0n) is 10.6. The number of aromatic nitrogens is 1. The van der Waals surface area contributed by atoms with Gasteiger partial charge in [0, 0.05) is 23.5 Å². The van der Waals surface area contributed by atoms with Crippen molar-refractivity contribution in [2.24, 2.45) is 0 Å². The van der Waals surface area contributed by atoms with Crippen molar-refractivity contribution in [3.05, 3.63) is 36.0 Å². The lowest BCUT2D eigenvalue weighted by Crippen LogP contribution is -2.37. The summed E-state index contributed by atoms with van der Waals surface area (Å²) in [6.07, 6.45) is 2.22.